The zero-order valence-electron chi connectivity index (χ0n) is 18.1. The second kappa shape index (κ2) is 8.70. The van der Waals surface area contributed by atoms with Crippen molar-refractivity contribution in [2.24, 2.45) is 12.8 Å². The molecule has 9 nitrogen and oxygen atoms in total. The Morgan fingerprint density at radius 3 is 2.55 bits per heavy atom. The second-order valence-electron chi connectivity index (χ2n) is 7.59. The molecule has 172 valence electrons. The maximum absolute atomic E-state index is 13.6. The average molecular weight is 474 g/mol. The molecule has 12 heteroatoms. The number of nitrogens with two attached hydrogens (primary N) is 1. The highest BCUT2D eigenvalue weighted by atomic mass is 32.1. The van der Waals surface area contributed by atoms with Crippen molar-refractivity contribution in [3.63, 3.8) is 0 Å². The number of nitrogens with zero attached hydrogens (tertiary/aromatic N) is 5. The van der Waals surface area contributed by atoms with Gasteiger partial charge in [-0.1, -0.05) is 0 Å². The molecular formula is C21H21F2N7O2S. The van der Waals surface area contributed by atoms with Gasteiger partial charge in [0.25, 0.3) is 12.3 Å². The number of anilines is 1. The van der Waals surface area contributed by atoms with Crippen LogP contribution in [0, 0.1) is 13.8 Å². The number of alkyl halides is 2. The third kappa shape index (κ3) is 4.33. The fourth-order valence-corrected chi connectivity index (χ4v) is 4.52. The van der Waals surface area contributed by atoms with E-state index in [2.05, 4.69) is 20.5 Å². The van der Waals surface area contributed by atoms with Gasteiger partial charge in [0.05, 0.1) is 18.1 Å². The van der Waals surface area contributed by atoms with Crippen molar-refractivity contribution in [1.29, 1.82) is 0 Å². The van der Waals surface area contributed by atoms with Crippen molar-refractivity contribution in [2.45, 2.75) is 33.2 Å². The van der Waals surface area contributed by atoms with E-state index in [4.69, 9.17) is 5.73 Å². The van der Waals surface area contributed by atoms with Crippen LogP contribution in [0.25, 0.3) is 21.3 Å². The van der Waals surface area contributed by atoms with Crippen LogP contribution >= 0.6 is 11.3 Å². The number of thiophene rings is 1. The molecule has 4 rings (SSSR count). The van der Waals surface area contributed by atoms with Gasteiger partial charge in [-0.25, -0.2) is 13.8 Å². The highest BCUT2D eigenvalue weighted by molar-refractivity contribution is 7.21. The highest BCUT2D eigenvalue weighted by Crippen LogP contribution is 2.43. The average Bonchev–Trinajstić information content (AvgIpc) is 3.44. The summed E-state index contributed by atoms with van der Waals surface area (Å²) in [6, 6.07) is 1.26. The summed E-state index contributed by atoms with van der Waals surface area (Å²) in [6.07, 6.45) is 2.30. The molecule has 4 heterocycles. The summed E-state index contributed by atoms with van der Waals surface area (Å²) < 4.78 is 30.4. The number of aryl methyl sites for hydroxylation is 3. The minimum absolute atomic E-state index is 0.0370. The lowest BCUT2D eigenvalue weighted by Crippen LogP contribution is -2.18. The van der Waals surface area contributed by atoms with E-state index in [1.165, 1.54) is 6.07 Å². The van der Waals surface area contributed by atoms with Crippen molar-refractivity contribution >= 4 is 39.1 Å². The lowest BCUT2D eigenvalue weighted by molar-refractivity contribution is -0.116. The van der Waals surface area contributed by atoms with E-state index >= 15 is 0 Å². The molecule has 0 aliphatic carbocycles. The van der Waals surface area contributed by atoms with Gasteiger partial charge >= 0.3 is 0 Å². The molecule has 0 fully saturated rings. The fourth-order valence-electron chi connectivity index (χ4n) is 3.50. The largest absolute Gasteiger partial charge is 0.365 e. The summed E-state index contributed by atoms with van der Waals surface area (Å²) >= 11 is 0.866. The molecule has 4 aromatic heterocycles. The van der Waals surface area contributed by atoms with E-state index in [1.807, 2.05) is 6.92 Å². The summed E-state index contributed by atoms with van der Waals surface area (Å²) in [6.45, 7) is 4.02. The van der Waals surface area contributed by atoms with Crippen molar-refractivity contribution in [3.05, 3.63) is 46.5 Å². The van der Waals surface area contributed by atoms with E-state index in [-0.39, 0.29) is 27.7 Å². The van der Waals surface area contributed by atoms with Crippen molar-refractivity contribution < 1.29 is 18.4 Å². The number of amides is 2. The van der Waals surface area contributed by atoms with E-state index < -0.39 is 18.0 Å². The number of aromatic nitrogens is 5. The van der Waals surface area contributed by atoms with Crippen LogP contribution in [-0.2, 0) is 18.4 Å². The topological polar surface area (TPSA) is 121 Å². The SMILES string of the molecule is Cc1cnn(CCC(=O)Nc2c(C(N)=O)sc3nc(C(F)F)cc(-c4cnn(C)c4C)c23)c1. The number of hydrogen-bond donors (Lipinski definition) is 2. The van der Waals surface area contributed by atoms with Crippen LogP contribution in [0.4, 0.5) is 14.5 Å². The molecule has 0 spiro atoms. The lowest BCUT2D eigenvalue weighted by Gasteiger charge is -2.11. The minimum Gasteiger partial charge on any atom is -0.365 e. The monoisotopic (exact) mass is 473 g/mol. The third-order valence-electron chi connectivity index (χ3n) is 5.25. The van der Waals surface area contributed by atoms with E-state index in [0.717, 1.165) is 22.6 Å². The predicted octanol–water partition coefficient (Wildman–Crippen LogP) is 3.58. The molecule has 0 aliphatic rings. The number of halogens is 2. The number of primary amides is 1. The molecular weight excluding hydrogens is 452 g/mol. The third-order valence-corrected chi connectivity index (χ3v) is 6.35. The van der Waals surface area contributed by atoms with Gasteiger partial charge in [0, 0.05) is 42.9 Å². The first-order chi connectivity index (χ1) is 15.7. The standard InChI is InChI=1S/C21H21F2N7O2S/c1-10-7-26-30(9-10)5-4-15(31)28-17-16-12(13-8-25-29(3)11(13)2)6-14(19(22)23)27-21(16)33-18(17)20(24)32/h6-9,19H,4-5H2,1-3H3,(H2,24,32)(H,28,31). The number of hydrogen-bond acceptors (Lipinski definition) is 6. The Morgan fingerprint density at radius 2 is 1.97 bits per heavy atom. The molecule has 4 aromatic rings. The molecule has 0 atom stereocenters. The first kappa shape index (κ1) is 22.5. The summed E-state index contributed by atoms with van der Waals surface area (Å²) in [5.74, 6) is -1.17. The summed E-state index contributed by atoms with van der Waals surface area (Å²) in [5, 5.41) is 11.5. The van der Waals surface area contributed by atoms with Crippen LogP contribution in [0.1, 0.15) is 39.5 Å². The van der Waals surface area contributed by atoms with Gasteiger partial charge in [0.1, 0.15) is 15.4 Å². The molecule has 3 N–H and O–H groups in total. The van der Waals surface area contributed by atoms with Crippen LogP contribution in [0.3, 0.4) is 0 Å². The number of nitrogens with one attached hydrogen (secondary N) is 1. The van der Waals surface area contributed by atoms with Crippen LogP contribution in [0.5, 0.6) is 0 Å². The quantitative estimate of drug-likeness (QED) is 0.425. The van der Waals surface area contributed by atoms with Crippen LogP contribution in [-0.4, -0.2) is 36.4 Å². The number of carbonyl (C=O) groups is 2. The number of rotatable bonds is 7. The molecule has 0 aromatic carbocycles. The van der Waals surface area contributed by atoms with Gasteiger partial charge in [-0.3, -0.25) is 19.0 Å². The molecule has 0 aliphatic heterocycles. The smallest absolute Gasteiger partial charge is 0.280 e. The molecule has 0 saturated carbocycles. The van der Waals surface area contributed by atoms with E-state index in [0.29, 0.717) is 23.1 Å². The molecule has 0 radical (unpaired) electrons. The Bertz CT molecular complexity index is 1370. The normalized spacial score (nSPS) is 11.5. The highest BCUT2D eigenvalue weighted by Gasteiger charge is 2.26. The van der Waals surface area contributed by atoms with E-state index in [9.17, 15) is 18.4 Å². The summed E-state index contributed by atoms with van der Waals surface area (Å²) in [4.78, 5) is 29.2. The molecule has 33 heavy (non-hydrogen) atoms. The van der Waals surface area contributed by atoms with Gasteiger partial charge in [-0.05, 0) is 31.0 Å². The van der Waals surface area contributed by atoms with Crippen molar-refractivity contribution in [2.75, 3.05) is 5.32 Å². The number of carbonyl (C=O) groups excluding carboxylic acids is 2. The van der Waals surface area contributed by atoms with Gasteiger partial charge in [0.2, 0.25) is 5.91 Å². The maximum atomic E-state index is 13.6. The number of pyridine rings is 1. The van der Waals surface area contributed by atoms with Crippen molar-refractivity contribution in [3.8, 4) is 11.1 Å². The summed E-state index contributed by atoms with van der Waals surface area (Å²) in [5.41, 5.74) is 7.95. The van der Waals surface area contributed by atoms with Crippen LogP contribution < -0.4 is 11.1 Å². The first-order valence-corrected chi connectivity index (χ1v) is 10.8. The molecule has 0 unspecified atom stereocenters. The minimum atomic E-state index is -2.82. The van der Waals surface area contributed by atoms with Crippen molar-refractivity contribution in [1.82, 2.24) is 24.5 Å². The Hall–Kier alpha value is -3.67. The van der Waals surface area contributed by atoms with Crippen LogP contribution in [0.2, 0.25) is 0 Å². The van der Waals surface area contributed by atoms with Crippen LogP contribution in [0.15, 0.2) is 24.7 Å². The van der Waals surface area contributed by atoms with Gasteiger partial charge in [-0.15, -0.1) is 11.3 Å². The maximum Gasteiger partial charge on any atom is 0.280 e. The predicted molar refractivity (Wildman–Crippen MR) is 120 cm³/mol. The lowest BCUT2D eigenvalue weighted by atomic mass is 10.0. The summed E-state index contributed by atoms with van der Waals surface area (Å²) in [7, 11) is 1.73. The van der Waals surface area contributed by atoms with E-state index in [1.54, 1.807) is 41.9 Å². The Balaban J connectivity index is 1.82. The molecule has 0 saturated heterocycles. The Kier molecular flexibility index (Phi) is 5.93. The molecule has 2 amide bonds. The Morgan fingerprint density at radius 1 is 1.21 bits per heavy atom. The second-order valence-corrected chi connectivity index (χ2v) is 8.59. The van der Waals surface area contributed by atoms with Gasteiger partial charge < -0.3 is 11.1 Å². The zero-order valence-corrected chi connectivity index (χ0v) is 18.9. The first-order valence-electron chi connectivity index (χ1n) is 9.99. The molecule has 0 bridgehead atoms. The Labute approximate surface area is 191 Å². The van der Waals surface area contributed by atoms with Gasteiger partial charge in [-0.2, -0.15) is 10.2 Å². The number of fused-ring (bicyclic) bond motifs is 1. The zero-order chi connectivity index (χ0) is 23.9. The van der Waals surface area contributed by atoms with Gasteiger partial charge in [0.15, 0.2) is 0 Å². The fraction of sp³-hybridized carbons (Fsp3) is 0.286.